The summed E-state index contributed by atoms with van der Waals surface area (Å²) in [6.07, 6.45) is 2.40. The Kier molecular flexibility index (Phi) is 4.69. The van der Waals surface area contributed by atoms with Gasteiger partial charge in [0, 0.05) is 50.0 Å². The molecule has 4 fully saturated rings. The number of carbonyl (C=O) groups is 1. The Hall–Kier alpha value is -1.59. The number of hydrogen-bond acceptors (Lipinski definition) is 4. The maximum absolute atomic E-state index is 13.2. The highest BCUT2D eigenvalue weighted by Gasteiger charge is 2.36. The molecule has 0 aliphatic carbocycles. The summed E-state index contributed by atoms with van der Waals surface area (Å²) in [7, 11) is 2.18. The predicted octanol–water partition coefficient (Wildman–Crippen LogP) is 2.00. The Balaban J connectivity index is 1.53. The third-order valence-corrected chi connectivity index (χ3v) is 5.95. The van der Waals surface area contributed by atoms with Gasteiger partial charge in [-0.25, -0.2) is 0 Å². The number of aryl methyl sites for hydroxylation is 1. The molecule has 1 amide bonds. The number of hydrogen-bond donors (Lipinski definition) is 0. The minimum atomic E-state index is 0.210. The molecule has 0 N–H and O–H groups in total. The quantitative estimate of drug-likeness (QED) is 0.823. The van der Waals surface area contributed by atoms with Gasteiger partial charge in [-0.05, 0) is 56.5 Å². The van der Waals surface area contributed by atoms with E-state index in [1.54, 1.807) is 0 Å². The van der Waals surface area contributed by atoms with Crippen LogP contribution in [-0.2, 0) is 4.74 Å². The first kappa shape index (κ1) is 16.9. The van der Waals surface area contributed by atoms with Crippen molar-refractivity contribution in [2.24, 2.45) is 5.92 Å². The third kappa shape index (κ3) is 3.40. The van der Waals surface area contributed by atoms with Crippen molar-refractivity contribution in [1.29, 1.82) is 0 Å². The molecule has 25 heavy (non-hydrogen) atoms. The molecule has 1 aromatic carbocycles. The lowest BCUT2D eigenvalue weighted by molar-refractivity contribution is 0.0587. The normalized spacial score (nSPS) is 27.4. The number of morpholine rings is 1. The van der Waals surface area contributed by atoms with Crippen LogP contribution in [0.1, 0.15) is 28.8 Å². The molecule has 0 saturated carbocycles. The number of likely N-dealkylation sites (N-methyl/N-ethyl adjacent to an activating group) is 1. The summed E-state index contributed by atoms with van der Waals surface area (Å²) in [5.41, 5.74) is 3.26. The van der Waals surface area contributed by atoms with Crippen molar-refractivity contribution < 1.29 is 9.53 Å². The Labute approximate surface area is 150 Å². The lowest BCUT2D eigenvalue weighted by atomic mass is 9.94. The van der Waals surface area contributed by atoms with Gasteiger partial charge >= 0.3 is 0 Å². The molecule has 0 radical (unpaired) electrons. The number of piperidine rings is 1. The average molecular weight is 343 g/mol. The highest BCUT2D eigenvalue weighted by Crippen LogP contribution is 2.30. The van der Waals surface area contributed by atoms with E-state index in [2.05, 4.69) is 40.8 Å². The summed E-state index contributed by atoms with van der Waals surface area (Å²) >= 11 is 0. The minimum absolute atomic E-state index is 0.210. The van der Waals surface area contributed by atoms with Crippen molar-refractivity contribution in [2.45, 2.75) is 25.8 Å². The number of amides is 1. The molecular weight excluding hydrogens is 314 g/mol. The van der Waals surface area contributed by atoms with Crippen LogP contribution in [0, 0.1) is 12.8 Å². The molecule has 5 rings (SSSR count). The summed E-state index contributed by atoms with van der Waals surface area (Å²) in [4.78, 5) is 20.1. The van der Waals surface area contributed by atoms with Crippen molar-refractivity contribution in [2.75, 3.05) is 57.9 Å². The van der Waals surface area contributed by atoms with Crippen LogP contribution in [-0.4, -0.2) is 74.7 Å². The van der Waals surface area contributed by atoms with Crippen LogP contribution in [0.25, 0.3) is 0 Å². The number of nitrogens with zero attached hydrogens (tertiary/aromatic N) is 3. The van der Waals surface area contributed by atoms with Crippen LogP contribution >= 0.6 is 0 Å². The number of benzene rings is 1. The van der Waals surface area contributed by atoms with Gasteiger partial charge in [-0.3, -0.25) is 4.79 Å². The van der Waals surface area contributed by atoms with Crippen molar-refractivity contribution in [3.63, 3.8) is 0 Å². The van der Waals surface area contributed by atoms with Crippen LogP contribution in [0.15, 0.2) is 18.2 Å². The van der Waals surface area contributed by atoms with Gasteiger partial charge in [0.25, 0.3) is 5.91 Å². The smallest absolute Gasteiger partial charge is 0.254 e. The number of rotatable bonds is 2. The monoisotopic (exact) mass is 343 g/mol. The maximum Gasteiger partial charge on any atom is 0.254 e. The fourth-order valence-corrected chi connectivity index (χ4v) is 4.68. The van der Waals surface area contributed by atoms with Gasteiger partial charge in [0.1, 0.15) is 0 Å². The van der Waals surface area contributed by atoms with E-state index in [1.807, 2.05) is 6.07 Å². The van der Waals surface area contributed by atoms with E-state index < -0.39 is 0 Å². The van der Waals surface area contributed by atoms with Crippen LogP contribution < -0.4 is 4.90 Å². The first-order chi connectivity index (χ1) is 12.1. The zero-order chi connectivity index (χ0) is 17.4. The molecule has 4 saturated heterocycles. The molecule has 0 unspecified atom stereocenters. The summed E-state index contributed by atoms with van der Waals surface area (Å²) in [6, 6.07) is 6.59. The summed E-state index contributed by atoms with van der Waals surface area (Å²) < 4.78 is 5.44. The highest BCUT2D eigenvalue weighted by atomic mass is 16.5. The second-order valence-corrected chi connectivity index (χ2v) is 7.88. The summed E-state index contributed by atoms with van der Waals surface area (Å²) in [6.45, 7) is 8.58. The van der Waals surface area contributed by atoms with Crippen LogP contribution in [0.5, 0.6) is 0 Å². The Morgan fingerprint density at radius 3 is 2.68 bits per heavy atom. The van der Waals surface area contributed by atoms with E-state index >= 15 is 0 Å². The molecular formula is C20H29N3O2. The standard InChI is InChI=1S/C20H29N3O2/c1-15-11-17(4-6-19(15)22-7-9-25-10-8-22)20(24)23-13-16-3-5-18(23)14-21(2)12-16/h4,6,11,16,18H,3,5,7-10,12-14H2,1-2H3/t16-,18+/m1/s1. The topological polar surface area (TPSA) is 36.0 Å². The van der Waals surface area contributed by atoms with Gasteiger partial charge in [0.05, 0.1) is 13.2 Å². The van der Waals surface area contributed by atoms with E-state index in [4.69, 9.17) is 4.74 Å². The van der Waals surface area contributed by atoms with Crippen LogP contribution in [0.3, 0.4) is 0 Å². The van der Waals surface area contributed by atoms with Gasteiger partial charge in [0.2, 0.25) is 0 Å². The predicted molar refractivity (Wildman–Crippen MR) is 99.3 cm³/mol. The van der Waals surface area contributed by atoms with E-state index in [0.29, 0.717) is 12.0 Å². The number of ether oxygens (including phenoxy) is 1. The van der Waals surface area contributed by atoms with Gasteiger partial charge in [-0.1, -0.05) is 0 Å². The molecule has 1 aromatic rings. The lowest BCUT2D eigenvalue weighted by Crippen LogP contribution is -2.47. The summed E-state index contributed by atoms with van der Waals surface area (Å²) in [5.74, 6) is 0.836. The van der Waals surface area contributed by atoms with Gasteiger partial charge in [0.15, 0.2) is 0 Å². The van der Waals surface area contributed by atoms with E-state index in [9.17, 15) is 4.79 Å². The van der Waals surface area contributed by atoms with Crippen LogP contribution in [0.4, 0.5) is 5.69 Å². The molecule has 4 aliphatic rings. The maximum atomic E-state index is 13.2. The Morgan fingerprint density at radius 2 is 1.92 bits per heavy atom. The number of fused-ring (bicyclic) bond motifs is 4. The zero-order valence-electron chi connectivity index (χ0n) is 15.4. The van der Waals surface area contributed by atoms with E-state index in [1.165, 1.54) is 17.7 Å². The van der Waals surface area contributed by atoms with Gasteiger partial charge in [-0.2, -0.15) is 0 Å². The van der Waals surface area contributed by atoms with Crippen LogP contribution in [0.2, 0.25) is 0 Å². The fraction of sp³-hybridized carbons (Fsp3) is 0.650. The molecule has 0 aromatic heterocycles. The molecule has 5 heteroatoms. The van der Waals surface area contributed by atoms with E-state index in [0.717, 1.165) is 57.9 Å². The zero-order valence-corrected chi connectivity index (χ0v) is 15.4. The molecule has 2 bridgehead atoms. The van der Waals surface area contributed by atoms with Crippen molar-refractivity contribution in [1.82, 2.24) is 9.80 Å². The minimum Gasteiger partial charge on any atom is -0.378 e. The fourth-order valence-electron chi connectivity index (χ4n) is 4.68. The highest BCUT2D eigenvalue weighted by molar-refractivity contribution is 5.95. The van der Waals surface area contributed by atoms with E-state index in [-0.39, 0.29) is 5.91 Å². The molecule has 4 heterocycles. The van der Waals surface area contributed by atoms with Gasteiger partial charge < -0.3 is 19.4 Å². The average Bonchev–Trinajstić information content (AvgIpc) is 2.90. The molecule has 5 nitrogen and oxygen atoms in total. The summed E-state index contributed by atoms with van der Waals surface area (Å²) in [5, 5.41) is 0. The number of anilines is 1. The van der Waals surface area contributed by atoms with Crippen molar-refractivity contribution in [3.05, 3.63) is 29.3 Å². The third-order valence-electron chi connectivity index (χ3n) is 5.95. The number of carbonyl (C=O) groups excluding carboxylic acids is 1. The first-order valence-corrected chi connectivity index (χ1v) is 9.54. The van der Waals surface area contributed by atoms with Crippen molar-refractivity contribution in [3.8, 4) is 0 Å². The lowest BCUT2D eigenvalue weighted by Gasteiger charge is -2.36. The molecule has 0 spiro atoms. The van der Waals surface area contributed by atoms with Gasteiger partial charge in [-0.15, -0.1) is 0 Å². The molecule has 4 aliphatic heterocycles. The largest absolute Gasteiger partial charge is 0.378 e. The second kappa shape index (κ2) is 6.96. The van der Waals surface area contributed by atoms with Crippen molar-refractivity contribution >= 4 is 11.6 Å². The Bertz CT molecular complexity index is 642. The first-order valence-electron chi connectivity index (χ1n) is 9.54. The Morgan fingerprint density at radius 1 is 1.12 bits per heavy atom. The molecule has 136 valence electrons. The molecule has 2 atom stereocenters. The SMILES string of the molecule is Cc1cc(C(=O)N2C[C@@H]3CC[C@H]2CN(C)C3)ccc1N1CCOCC1. The second-order valence-electron chi connectivity index (χ2n) is 7.88.